The Morgan fingerprint density at radius 1 is 1.32 bits per heavy atom. The maximum absolute atomic E-state index is 4.72. The molecular formula is C15H16BrN3. The molecule has 1 atom stereocenters. The lowest BCUT2D eigenvalue weighted by Gasteiger charge is -2.29. The van der Waals surface area contributed by atoms with Gasteiger partial charge in [0.05, 0.1) is 10.2 Å². The van der Waals surface area contributed by atoms with E-state index in [-0.39, 0.29) is 0 Å². The molecule has 1 N–H and O–H groups in total. The summed E-state index contributed by atoms with van der Waals surface area (Å²) in [6.45, 7) is 2.12. The minimum Gasteiger partial charge on any atom is -0.372 e. The van der Waals surface area contributed by atoms with Crippen LogP contribution in [0.4, 0.5) is 5.82 Å². The normalized spacial score (nSPS) is 16.7. The Balaban J connectivity index is 2.03. The SMILES string of the molecule is CCc1nc(C2Cc3ccccc32)nc(NC)c1Br. The summed E-state index contributed by atoms with van der Waals surface area (Å²) in [6, 6.07) is 8.54. The van der Waals surface area contributed by atoms with E-state index >= 15 is 0 Å². The van der Waals surface area contributed by atoms with E-state index in [0.29, 0.717) is 5.92 Å². The summed E-state index contributed by atoms with van der Waals surface area (Å²) in [5.74, 6) is 2.16. The molecule has 1 unspecified atom stereocenters. The fourth-order valence-corrected chi connectivity index (χ4v) is 3.21. The van der Waals surface area contributed by atoms with Gasteiger partial charge in [-0.15, -0.1) is 0 Å². The van der Waals surface area contributed by atoms with Crippen molar-refractivity contribution in [2.75, 3.05) is 12.4 Å². The first-order chi connectivity index (χ1) is 9.24. The van der Waals surface area contributed by atoms with Gasteiger partial charge in [-0.1, -0.05) is 31.2 Å². The van der Waals surface area contributed by atoms with Gasteiger partial charge < -0.3 is 5.32 Å². The molecule has 2 aromatic rings. The Morgan fingerprint density at radius 2 is 2.11 bits per heavy atom. The quantitative estimate of drug-likeness (QED) is 0.941. The summed E-state index contributed by atoms with van der Waals surface area (Å²) in [5.41, 5.74) is 3.86. The van der Waals surface area contributed by atoms with Crippen LogP contribution >= 0.6 is 15.9 Å². The van der Waals surface area contributed by atoms with Crippen LogP contribution in [-0.2, 0) is 12.8 Å². The summed E-state index contributed by atoms with van der Waals surface area (Å²) >= 11 is 3.57. The molecule has 0 bridgehead atoms. The maximum atomic E-state index is 4.72. The van der Waals surface area contributed by atoms with E-state index < -0.39 is 0 Å². The fourth-order valence-electron chi connectivity index (χ4n) is 2.56. The number of nitrogens with one attached hydrogen (secondary N) is 1. The molecule has 1 aliphatic rings. The van der Waals surface area contributed by atoms with Crippen molar-refractivity contribution in [2.45, 2.75) is 25.7 Å². The van der Waals surface area contributed by atoms with Crippen LogP contribution in [0.1, 0.15) is 35.5 Å². The van der Waals surface area contributed by atoms with Crippen LogP contribution in [0.3, 0.4) is 0 Å². The Labute approximate surface area is 121 Å². The van der Waals surface area contributed by atoms with Crippen LogP contribution in [0.2, 0.25) is 0 Å². The van der Waals surface area contributed by atoms with Crippen LogP contribution in [0, 0.1) is 0 Å². The zero-order valence-corrected chi connectivity index (χ0v) is 12.7. The van der Waals surface area contributed by atoms with Crippen molar-refractivity contribution in [3.63, 3.8) is 0 Å². The van der Waals surface area contributed by atoms with Crippen molar-refractivity contribution in [1.82, 2.24) is 9.97 Å². The molecule has 3 rings (SSSR count). The number of hydrogen-bond donors (Lipinski definition) is 1. The molecule has 1 aromatic heterocycles. The van der Waals surface area contributed by atoms with Gasteiger partial charge in [0.1, 0.15) is 11.6 Å². The average molecular weight is 318 g/mol. The van der Waals surface area contributed by atoms with Gasteiger partial charge in [0.25, 0.3) is 0 Å². The molecule has 1 aromatic carbocycles. The molecule has 0 fully saturated rings. The van der Waals surface area contributed by atoms with E-state index in [1.54, 1.807) is 0 Å². The lowest BCUT2D eigenvalue weighted by Crippen LogP contribution is -2.21. The van der Waals surface area contributed by atoms with Crippen molar-refractivity contribution in [1.29, 1.82) is 0 Å². The van der Waals surface area contributed by atoms with Gasteiger partial charge in [-0.05, 0) is 39.9 Å². The molecule has 4 heteroatoms. The summed E-state index contributed by atoms with van der Waals surface area (Å²) in [5, 5.41) is 3.14. The van der Waals surface area contributed by atoms with Crippen LogP contribution in [-0.4, -0.2) is 17.0 Å². The van der Waals surface area contributed by atoms with Crippen molar-refractivity contribution in [3.05, 3.63) is 51.4 Å². The number of rotatable bonds is 3. The monoisotopic (exact) mass is 317 g/mol. The number of aromatic nitrogens is 2. The number of nitrogens with zero attached hydrogens (tertiary/aromatic N) is 2. The van der Waals surface area contributed by atoms with Crippen molar-refractivity contribution in [3.8, 4) is 0 Å². The predicted octanol–water partition coefficient (Wildman–Crippen LogP) is 3.53. The van der Waals surface area contributed by atoms with E-state index in [0.717, 1.165) is 34.7 Å². The number of hydrogen-bond acceptors (Lipinski definition) is 3. The van der Waals surface area contributed by atoms with E-state index in [9.17, 15) is 0 Å². The molecule has 0 amide bonds. The first-order valence-corrected chi connectivity index (χ1v) is 7.35. The Bertz CT molecular complexity index is 600. The first-order valence-electron chi connectivity index (χ1n) is 6.56. The summed E-state index contributed by atoms with van der Waals surface area (Å²) < 4.78 is 0.980. The number of aryl methyl sites for hydroxylation is 1. The molecule has 98 valence electrons. The smallest absolute Gasteiger partial charge is 0.144 e. The van der Waals surface area contributed by atoms with Gasteiger partial charge in [0.15, 0.2) is 0 Å². The molecule has 0 saturated heterocycles. The van der Waals surface area contributed by atoms with Crippen LogP contribution in [0.5, 0.6) is 0 Å². The second kappa shape index (κ2) is 4.93. The zero-order valence-electron chi connectivity index (χ0n) is 11.1. The number of anilines is 1. The number of halogens is 1. The molecule has 3 nitrogen and oxygen atoms in total. The highest BCUT2D eigenvalue weighted by atomic mass is 79.9. The summed E-state index contributed by atoms with van der Waals surface area (Å²) in [6.07, 6.45) is 1.95. The third-order valence-corrected chi connectivity index (χ3v) is 4.51. The second-order valence-corrected chi connectivity index (χ2v) is 5.54. The lowest BCUT2D eigenvalue weighted by molar-refractivity contribution is 0.654. The third kappa shape index (κ3) is 2.04. The molecule has 0 aliphatic heterocycles. The van der Waals surface area contributed by atoms with E-state index in [4.69, 9.17) is 4.98 Å². The Hall–Kier alpha value is -1.42. The van der Waals surface area contributed by atoms with Crippen molar-refractivity contribution in [2.24, 2.45) is 0 Å². The summed E-state index contributed by atoms with van der Waals surface area (Å²) in [7, 11) is 1.89. The fraction of sp³-hybridized carbons (Fsp3) is 0.333. The molecule has 0 radical (unpaired) electrons. The van der Waals surface area contributed by atoms with E-state index in [1.807, 2.05) is 7.05 Å². The largest absolute Gasteiger partial charge is 0.372 e. The number of benzene rings is 1. The standard InChI is InChI=1S/C15H16BrN3/c1-3-12-13(16)15(17-2)19-14(18-12)11-8-9-6-4-5-7-10(9)11/h4-7,11H,3,8H2,1-2H3,(H,17,18,19). The van der Waals surface area contributed by atoms with E-state index in [2.05, 4.69) is 57.4 Å². The zero-order chi connectivity index (χ0) is 13.4. The second-order valence-electron chi connectivity index (χ2n) is 4.75. The number of fused-ring (bicyclic) bond motifs is 1. The third-order valence-electron chi connectivity index (χ3n) is 3.68. The lowest BCUT2D eigenvalue weighted by atomic mass is 9.77. The molecule has 1 aliphatic carbocycles. The van der Waals surface area contributed by atoms with Gasteiger partial charge >= 0.3 is 0 Å². The topological polar surface area (TPSA) is 37.8 Å². The molecule has 0 saturated carbocycles. The minimum atomic E-state index is 0.349. The van der Waals surface area contributed by atoms with Gasteiger partial charge in [-0.25, -0.2) is 9.97 Å². The minimum absolute atomic E-state index is 0.349. The van der Waals surface area contributed by atoms with Gasteiger partial charge in [0, 0.05) is 13.0 Å². The average Bonchev–Trinajstić information content (AvgIpc) is 2.41. The van der Waals surface area contributed by atoms with Gasteiger partial charge in [-0.3, -0.25) is 0 Å². The van der Waals surface area contributed by atoms with Crippen LogP contribution in [0.15, 0.2) is 28.7 Å². The maximum Gasteiger partial charge on any atom is 0.144 e. The highest BCUT2D eigenvalue weighted by Gasteiger charge is 2.30. The molecular weight excluding hydrogens is 302 g/mol. The molecule has 1 heterocycles. The molecule has 0 spiro atoms. The summed E-state index contributed by atoms with van der Waals surface area (Å²) in [4.78, 5) is 9.37. The van der Waals surface area contributed by atoms with Crippen molar-refractivity contribution >= 4 is 21.7 Å². The predicted molar refractivity (Wildman–Crippen MR) is 80.6 cm³/mol. The van der Waals surface area contributed by atoms with Crippen LogP contribution < -0.4 is 5.32 Å². The van der Waals surface area contributed by atoms with Gasteiger partial charge in [-0.2, -0.15) is 0 Å². The highest BCUT2D eigenvalue weighted by Crippen LogP contribution is 2.39. The molecule has 19 heavy (non-hydrogen) atoms. The van der Waals surface area contributed by atoms with Crippen molar-refractivity contribution < 1.29 is 0 Å². The highest BCUT2D eigenvalue weighted by molar-refractivity contribution is 9.10. The van der Waals surface area contributed by atoms with Gasteiger partial charge in [0.2, 0.25) is 0 Å². The van der Waals surface area contributed by atoms with E-state index in [1.165, 1.54) is 11.1 Å². The Morgan fingerprint density at radius 3 is 2.79 bits per heavy atom. The van der Waals surface area contributed by atoms with Crippen LogP contribution in [0.25, 0.3) is 0 Å². The first kappa shape index (κ1) is 12.6. The Kier molecular flexibility index (Phi) is 3.27.